The van der Waals surface area contributed by atoms with Crippen LogP contribution in [0.2, 0.25) is 0 Å². The molecule has 0 saturated heterocycles. The first-order valence-corrected chi connectivity index (χ1v) is 4.13. The number of hydrogen-bond acceptors (Lipinski definition) is 2. The molecule has 0 heterocycles. The van der Waals surface area contributed by atoms with Gasteiger partial charge in [0.05, 0.1) is 0 Å². The van der Waals surface area contributed by atoms with Crippen molar-refractivity contribution in [3.05, 3.63) is 28.0 Å². The minimum atomic E-state index is -1.64. The van der Waals surface area contributed by atoms with Gasteiger partial charge in [0.15, 0.2) is 0 Å². The van der Waals surface area contributed by atoms with Crippen LogP contribution in [0.15, 0.2) is 16.6 Å². The van der Waals surface area contributed by atoms with Crippen molar-refractivity contribution in [2.45, 2.75) is 6.92 Å². The maximum atomic E-state index is 12.7. The SMILES string of the molecule is Cc1cc(F)cc(B(O)O)c1Br. The summed E-state index contributed by atoms with van der Waals surface area (Å²) in [4.78, 5) is 0. The Morgan fingerprint density at radius 3 is 2.50 bits per heavy atom. The van der Waals surface area contributed by atoms with E-state index in [1.165, 1.54) is 6.07 Å². The molecule has 1 rings (SSSR count). The third-order valence-electron chi connectivity index (χ3n) is 1.53. The van der Waals surface area contributed by atoms with Crippen LogP contribution in [0.25, 0.3) is 0 Å². The summed E-state index contributed by atoms with van der Waals surface area (Å²) in [5.41, 5.74) is 0.783. The molecule has 0 spiro atoms. The first-order chi connectivity index (χ1) is 5.52. The van der Waals surface area contributed by atoms with Crippen molar-refractivity contribution in [2.75, 3.05) is 0 Å². The van der Waals surface area contributed by atoms with Gasteiger partial charge in [-0.1, -0.05) is 15.9 Å². The Morgan fingerprint density at radius 2 is 2.00 bits per heavy atom. The zero-order valence-corrected chi connectivity index (χ0v) is 7.97. The normalized spacial score (nSPS) is 10.1. The summed E-state index contributed by atoms with van der Waals surface area (Å²) in [6.45, 7) is 1.68. The van der Waals surface area contributed by atoms with Gasteiger partial charge < -0.3 is 10.0 Å². The Morgan fingerprint density at radius 1 is 1.42 bits per heavy atom. The van der Waals surface area contributed by atoms with E-state index in [1.807, 2.05) is 0 Å². The second-order valence-electron chi connectivity index (χ2n) is 2.50. The molecule has 1 aromatic rings. The number of benzene rings is 1. The lowest BCUT2D eigenvalue weighted by atomic mass is 9.79. The van der Waals surface area contributed by atoms with Gasteiger partial charge in [0, 0.05) is 4.47 Å². The van der Waals surface area contributed by atoms with Gasteiger partial charge in [0.2, 0.25) is 0 Å². The van der Waals surface area contributed by atoms with Crippen LogP contribution in [0.3, 0.4) is 0 Å². The largest absolute Gasteiger partial charge is 0.489 e. The van der Waals surface area contributed by atoms with Crippen molar-refractivity contribution in [1.82, 2.24) is 0 Å². The molecule has 1 aromatic carbocycles. The minimum Gasteiger partial charge on any atom is -0.423 e. The third-order valence-corrected chi connectivity index (χ3v) is 2.61. The smallest absolute Gasteiger partial charge is 0.423 e. The van der Waals surface area contributed by atoms with Gasteiger partial charge in [-0.3, -0.25) is 0 Å². The molecule has 0 aromatic heterocycles. The van der Waals surface area contributed by atoms with E-state index in [-0.39, 0.29) is 5.46 Å². The highest BCUT2D eigenvalue weighted by Crippen LogP contribution is 2.14. The lowest BCUT2D eigenvalue weighted by Crippen LogP contribution is -2.31. The fraction of sp³-hybridized carbons (Fsp3) is 0.143. The van der Waals surface area contributed by atoms with Crippen molar-refractivity contribution in [3.63, 3.8) is 0 Å². The maximum Gasteiger partial charge on any atom is 0.489 e. The Kier molecular flexibility index (Phi) is 2.87. The Hall–Kier alpha value is -0.385. The Labute approximate surface area is 78.3 Å². The van der Waals surface area contributed by atoms with E-state index in [0.717, 1.165) is 6.07 Å². The van der Waals surface area contributed by atoms with Crippen LogP contribution in [0.1, 0.15) is 5.56 Å². The summed E-state index contributed by atoms with van der Waals surface area (Å²) in [7, 11) is -1.64. The molecular formula is C7H7BBrFO2. The molecule has 0 radical (unpaired) electrons. The maximum absolute atomic E-state index is 12.7. The van der Waals surface area contributed by atoms with Crippen molar-refractivity contribution in [3.8, 4) is 0 Å². The van der Waals surface area contributed by atoms with Crippen LogP contribution in [0, 0.1) is 12.7 Å². The molecule has 0 saturated carbocycles. The number of halogens is 2. The summed E-state index contributed by atoms with van der Waals surface area (Å²) in [5, 5.41) is 17.6. The summed E-state index contributed by atoms with van der Waals surface area (Å²) in [5.74, 6) is -0.473. The van der Waals surface area contributed by atoms with Crippen LogP contribution >= 0.6 is 15.9 Å². The summed E-state index contributed by atoms with van der Waals surface area (Å²) in [6, 6.07) is 2.40. The molecule has 0 aliphatic carbocycles. The lowest BCUT2D eigenvalue weighted by molar-refractivity contribution is 0.425. The first-order valence-electron chi connectivity index (χ1n) is 3.34. The molecule has 2 nitrogen and oxygen atoms in total. The number of rotatable bonds is 1. The van der Waals surface area contributed by atoms with Crippen molar-refractivity contribution in [2.24, 2.45) is 0 Å². The fourth-order valence-electron chi connectivity index (χ4n) is 0.939. The molecule has 5 heteroatoms. The molecule has 64 valence electrons. The predicted molar refractivity (Wildman–Crippen MR) is 48.7 cm³/mol. The van der Waals surface area contributed by atoms with Crippen molar-refractivity contribution < 1.29 is 14.4 Å². The summed E-state index contributed by atoms with van der Waals surface area (Å²) < 4.78 is 13.3. The lowest BCUT2D eigenvalue weighted by Gasteiger charge is -2.05. The van der Waals surface area contributed by atoms with Gasteiger partial charge in [-0.15, -0.1) is 0 Å². The third kappa shape index (κ3) is 1.85. The fourth-order valence-corrected chi connectivity index (χ4v) is 1.37. The Balaban J connectivity index is 3.28. The van der Waals surface area contributed by atoms with Gasteiger partial charge in [-0.05, 0) is 30.1 Å². The van der Waals surface area contributed by atoms with E-state index in [9.17, 15) is 4.39 Å². The van der Waals surface area contributed by atoms with E-state index < -0.39 is 12.9 Å². The monoisotopic (exact) mass is 232 g/mol. The van der Waals surface area contributed by atoms with Gasteiger partial charge >= 0.3 is 7.12 Å². The standard InChI is InChI=1S/C7H7BBrFO2/c1-4-2-5(10)3-6(7(4)9)8(11)12/h2-3,11-12H,1H3. The van der Waals surface area contributed by atoms with E-state index in [4.69, 9.17) is 10.0 Å². The van der Waals surface area contributed by atoms with Crippen molar-refractivity contribution in [1.29, 1.82) is 0 Å². The van der Waals surface area contributed by atoms with Crippen LogP contribution in [-0.4, -0.2) is 17.2 Å². The highest BCUT2D eigenvalue weighted by atomic mass is 79.9. The van der Waals surface area contributed by atoms with Gasteiger partial charge in [0.25, 0.3) is 0 Å². The second kappa shape index (κ2) is 3.55. The van der Waals surface area contributed by atoms with Gasteiger partial charge in [-0.2, -0.15) is 0 Å². The van der Waals surface area contributed by atoms with E-state index >= 15 is 0 Å². The zero-order chi connectivity index (χ0) is 9.30. The zero-order valence-electron chi connectivity index (χ0n) is 6.38. The molecule has 2 N–H and O–H groups in total. The topological polar surface area (TPSA) is 40.5 Å². The van der Waals surface area contributed by atoms with Crippen LogP contribution < -0.4 is 5.46 Å². The molecule has 12 heavy (non-hydrogen) atoms. The average molecular weight is 233 g/mol. The first kappa shape index (κ1) is 9.70. The van der Waals surface area contributed by atoms with Crippen LogP contribution in [0.5, 0.6) is 0 Å². The number of aryl methyl sites for hydroxylation is 1. The quantitative estimate of drug-likeness (QED) is 0.696. The molecule has 0 unspecified atom stereocenters. The van der Waals surface area contributed by atoms with Crippen LogP contribution in [-0.2, 0) is 0 Å². The summed E-state index contributed by atoms with van der Waals surface area (Å²) >= 11 is 3.13. The predicted octanol–water partition coefficient (Wildman–Crippen LogP) is 0.576. The second-order valence-corrected chi connectivity index (χ2v) is 3.29. The minimum absolute atomic E-state index is 0.146. The molecule has 0 aliphatic heterocycles. The van der Waals surface area contributed by atoms with Gasteiger partial charge in [0.1, 0.15) is 5.82 Å². The average Bonchev–Trinajstić information content (AvgIpc) is 1.96. The summed E-state index contributed by atoms with van der Waals surface area (Å²) in [6.07, 6.45) is 0. The van der Waals surface area contributed by atoms with E-state index in [0.29, 0.717) is 10.0 Å². The molecule has 0 aliphatic rings. The Bertz CT molecular complexity index is 304. The van der Waals surface area contributed by atoms with Gasteiger partial charge in [-0.25, -0.2) is 4.39 Å². The molecule has 0 bridgehead atoms. The van der Waals surface area contributed by atoms with E-state index in [1.54, 1.807) is 6.92 Å². The van der Waals surface area contributed by atoms with E-state index in [2.05, 4.69) is 15.9 Å². The molecule has 0 fully saturated rings. The molecule has 0 amide bonds. The molecular weight excluding hydrogens is 226 g/mol. The van der Waals surface area contributed by atoms with Crippen molar-refractivity contribution >= 4 is 28.5 Å². The molecule has 0 atom stereocenters. The number of hydrogen-bond donors (Lipinski definition) is 2. The highest BCUT2D eigenvalue weighted by Gasteiger charge is 2.17. The highest BCUT2D eigenvalue weighted by molar-refractivity contribution is 9.10. The van der Waals surface area contributed by atoms with Crippen LogP contribution in [0.4, 0.5) is 4.39 Å².